The number of hydrogen-bond acceptors (Lipinski definition) is 3. The van der Waals surface area contributed by atoms with Gasteiger partial charge in [0.15, 0.2) is 5.69 Å². The molecule has 0 bridgehead atoms. The van der Waals surface area contributed by atoms with Gasteiger partial charge in [0.05, 0.1) is 7.11 Å². The van der Waals surface area contributed by atoms with E-state index in [0.717, 1.165) is 16.9 Å². The smallest absolute Gasteiger partial charge is 0.356 e. The number of hydrogen-bond donors (Lipinski definition) is 1. The van der Waals surface area contributed by atoms with Crippen molar-refractivity contribution in [3.63, 3.8) is 0 Å². The van der Waals surface area contributed by atoms with Gasteiger partial charge in [-0.2, -0.15) is 5.10 Å². The number of aromatic carboxylic acids is 1. The number of aromatic nitrogens is 2. The summed E-state index contributed by atoms with van der Waals surface area (Å²) in [4.78, 5) is 11.1. The summed E-state index contributed by atoms with van der Waals surface area (Å²) in [6.07, 6.45) is 0. The van der Waals surface area contributed by atoms with Crippen LogP contribution >= 0.6 is 0 Å². The fourth-order valence-electron chi connectivity index (χ4n) is 2.07. The fourth-order valence-corrected chi connectivity index (χ4v) is 2.07. The molecule has 106 valence electrons. The van der Waals surface area contributed by atoms with E-state index in [-0.39, 0.29) is 11.6 Å². The zero-order valence-corrected chi connectivity index (χ0v) is 12.0. The molecule has 0 amide bonds. The van der Waals surface area contributed by atoms with Gasteiger partial charge in [-0.3, -0.25) is 0 Å². The summed E-state index contributed by atoms with van der Waals surface area (Å²) in [6, 6.07) is 7.34. The van der Waals surface area contributed by atoms with Crippen molar-refractivity contribution < 1.29 is 14.6 Å². The standard InChI is InChI=1S/C15H18N2O3/c1-9(2)12-8-11(15(18)19)16-17(12)13-7-10(3)5-6-14(13)20-4/h5-9H,1-4H3,(H,18,19). The lowest BCUT2D eigenvalue weighted by molar-refractivity contribution is 0.0690. The lowest BCUT2D eigenvalue weighted by atomic mass is 10.1. The first-order valence-electron chi connectivity index (χ1n) is 6.42. The first-order valence-corrected chi connectivity index (χ1v) is 6.42. The summed E-state index contributed by atoms with van der Waals surface area (Å²) >= 11 is 0. The second-order valence-corrected chi connectivity index (χ2v) is 5.00. The molecule has 0 fully saturated rings. The molecule has 0 radical (unpaired) electrons. The van der Waals surface area contributed by atoms with Gasteiger partial charge < -0.3 is 9.84 Å². The molecule has 0 aliphatic heterocycles. The van der Waals surface area contributed by atoms with E-state index in [4.69, 9.17) is 9.84 Å². The van der Waals surface area contributed by atoms with Crippen molar-refractivity contribution >= 4 is 5.97 Å². The number of carboxylic acids is 1. The highest BCUT2D eigenvalue weighted by Crippen LogP contribution is 2.28. The predicted octanol–water partition coefficient (Wildman–Crippen LogP) is 3.01. The third kappa shape index (κ3) is 2.52. The van der Waals surface area contributed by atoms with Crippen molar-refractivity contribution in [2.75, 3.05) is 7.11 Å². The van der Waals surface area contributed by atoms with Crippen LogP contribution in [0.15, 0.2) is 24.3 Å². The Morgan fingerprint density at radius 1 is 1.35 bits per heavy atom. The van der Waals surface area contributed by atoms with Crippen LogP contribution in [0.1, 0.15) is 41.5 Å². The Labute approximate surface area is 117 Å². The number of ether oxygens (including phenoxy) is 1. The van der Waals surface area contributed by atoms with E-state index in [2.05, 4.69) is 5.10 Å². The van der Waals surface area contributed by atoms with E-state index in [9.17, 15) is 4.79 Å². The molecule has 0 aliphatic carbocycles. The molecule has 0 aliphatic rings. The van der Waals surface area contributed by atoms with Crippen molar-refractivity contribution in [2.24, 2.45) is 0 Å². The van der Waals surface area contributed by atoms with Crippen molar-refractivity contribution in [2.45, 2.75) is 26.7 Å². The number of nitrogens with zero attached hydrogens (tertiary/aromatic N) is 2. The molecular formula is C15H18N2O3. The second kappa shape index (κ2) is 5.36. The van der Waals surface area contributed by atoms with E-state index < -0.39 is 5.97 Å². The maximum Gasteiger partial charge on any atom is 0.356 e. The van der Waals surface area contributed by atoms with Crippen molar-refractivity contribution in [1.29, 1.82) is 0 Å². The lowest BCUT2D eigenvalue weighted by Crippen LogP contribution is -2.07. The molecule has 0 unspecified atom stereocenters. The van der Waals surface area contributed by atoms with Crippen LogP contribution in [0.25, 0.3) is 5.69 Å². The van der Waals surface area contributed by atoms with Crippen LogP contribution in [-0.2, 0) is 0 Å². The quantitative estimate of drug-likeness (QED) is 0.930. The molecule has 1 aromatic heterocycles. The summed E-state index contributed by atoms with van der Waals surface area (Å²) in [6.45, 7) is 5.97. The Balaban J connectivity index is 2.67. The molecule has 0 spiro atoms. The third-order valence-corrected chi connectivity index (χ3v) is 3.11. The van der Waals surface area contributed by atoms with E-state index >= 15 is 0 Å². The molecule has 0 atom stereocenters. The molecule has 1 aromatic carbocycles. The van der Waals surface area contributed by atoms with Crippen molar-refractivity contribution in [3.8, 4) is 11.4 Å². The lowest BCUT2D eigenvalue weighted by Gasteiger charge is -2.14. The van der Waals surface area contributed by atoms with E-state index in [1.165, 1.54) is 0 Å². The maximum atomic E-state index is 11.1. The van der Waals surface area contributed by atoms with Gasteiger partial charge in [0.1, 0.15) is 11.4 Å². The number of methoxy groups -OCH3 is 1. The minimum atomic E-state index is -1.03. The average molecular weight is 274 g/mol. The van der Waals surface area contributed by atoms with E-state index in [1.54, 1.807) is 17.9 Å². The molecule has 2 aromatic rings. The number of benzene rings is 1. The Kier molecular flexibility index (Phi) is 3.79. The summed E-state index contributed by atoms with van der Waals surface area (Å²) in [5.41, 5.74) is 2.69. The average Bonchev–Trinajstić information content (AvgIpc) is 2.83. The zero-order chi connectivity index (χ0) is 14.9. The Morgan fingerprint density at radius 3 is 2.60 bits per heavy atom. The minimum absolute atomic E-state index is 0.0391. The first kappa shape index (κ1) is 14.1. The van der Waals surface area contributed by atoms with Crippen LogP contribution in [-0.4, -0.2) is 28.0 Å². The minimum Gasteiger partial charge on any atom is -0.494 e. The Bertz CT molecular complexity index is 645. The van der Waals surface area contributed by atoms with E-state index in [1.807, 2.05) is 39.0 Å². The highest BCUT2D eigenvalue weighted by molar-refractivity contribution is 5.85. The fraction of sp³-hybridized carbons (Fsp3) is 0.333. The zero-order valence-electron chi connectivity index (χ0n) is 12.0. The van der Waals surface area contributed by atoms with Gasteiger partial charge in [0, 0.05) is 5.69 Å². The maximum absolute atomic E-state index is 11.1. The van der Waals surface area contributed by atoms with Gasteiger partial charge >= 0.3 is 5.97 Å². The molecule has 0 saturated carbocycles. The van der Waals surface area contributed by atoms with Crippen LogP contribution in [0.3, 0.4) is 0 Å². The largest absolute Gasteiger partial charge is 0.494 e. The Morgan fingerprint density at radius 2 is 2.05 bits per heavy atom. The number of aryl methyl sites for hydroxylation is 1. The molecular weight excluding hydrogens is 256 g/mol. The molecule has 1 heterocycles. The number of carbonyl (C=O) groups is 1. The summed E-state index contributed by atoms with van der Waals surface area (Å²) in [5.74, 6) is -0.212. The molecule has 1 N–H and O–H groups in total. The van der Waals surface area contributed by atoms with Gasteiger partial charge in [-0.1, -0.05) is 19.9 Å². The summed E-state index contributed by atoms with van der Waals surface area (Å²) in [7, 11) is 1.59. The van der Waals surface area contributed by atoms with Gasteiger partial charge in [-0.25, -0.2) is 9.48 Å². The highest BCUT2D eigenvalue weighted by atomic mass is 16.5. The van der Waals surface area contributed by atoms with E-state index in [0.29, 0.717) is 5.75 Å². The van der Waals surface area contributed by atoms with Crippen LogP contribution < -0.4 is 4.74 Å². The molecule has 2 rings (SSSR count). The molecule has 5 heteroatoms. The normalized spacial score (nSPS) is 10.8. The Hall–Kier alpha value is -2.30. The van der Waals surface area contributed by atoms with Crippen LogP contribution in [0.5, 0.6) is 5.75 Å². The predicted molar refractivity (Wildman–Crippen MR) is 75.9 cm³/mol. The SMILES string of the molecule is COc1ccc(C)cc1-n1nc(C(=O)O)cc1C(C)C. The number of carboxylic acid groups (broad SMARTS) is 1. The number of rotatable bonds is 4. The highest BCUT2D eigenvalue weighted by Gasteiger charge is 2.18. The van der Waals surface area contributed by atoms with Crippen LogP contribution in [0.2, 0.25) is 0 Å². The summed E-state index contributed by atoms with van der Waals surface area (Å²) < 4.78 is 7.00. The van der Waals surface area contributed by atoms with Gasteiger partial charge in [-0.15, -0.1) is 0 Å². The van der Waals surface area contributed by atoms with Crippen molar-refractivity contribution in [3.05, 3.63) is 41.2 Å². The monoisotopic (exact) mass is 274 g/mol. The van der Waals surface area contributed by atoms with Gasteiger partial charge in [0.2, 0.25) is 0 Å². The van der Waals surface area contributed by atoms with Crippen molar-refractivity contribution in [1.82, 2.24) is 9.78 Å². The third-order valence-electron chi connectivity index (χ3n) is 3.11. The topological polar surface area (TPSA) is 64.4 Å². The van der Waals surface area contributed by atoms with Gasteiger partial charge in [-0.05, 0) is 36.6 Å². The second-order valence-electron chi connectivity index (χ2n) is 5.00. The van der Waals surface area contributed by atoms with Crippen LogP contribution in [0, 0.1) is 6.92 Å². The summed E-state index contributed by atoms with van der Waals surface area (Å²) in [5, 5.41) is 13.3. The van der Waals surface area contributed by atoms with Gasteiger partial charge in [0.25, 0.3) is 0 Å². The molecule has 5 nitrogen and oxygen atoms in total. The molecule has 20 heavy (non-hydrogen) atoms. The van der Waals surface area contributed by atoms with Crippen LogP contribution in [0.4, 0.5) is 0 Å². The first-order chi connectivity index (χ1) is 9.43. The molecule has 0 saturated heterocycles.